The maximum absolute atomic E-state index is 13.5. The van der Waals surface area contributed by atoms with Crippen LogP contribution < -0.4 is 14.4 Å². The molecule has 0 radical (unpaired) electrons. The highest BCUT2D eigenvalue weighted by Crippen LogP contribution is 2.41. The number of allylic oxidation sites excluding steroid dienone is 1. The van der Waals surface area contributed by atoms with Crippen LogP contribution in [-0.2, 0) is 27.8 Å². The summed E-state index contributed by atoms with van der Waals surface area (Å²) in [5.74, 6) is 0.0620. The van der Waals surface area contributed by atoms with E-state index in [2.05, 4.69) is 9.62 Å². The van der Waals surface area contributed by atoms with Crippen LogP contribution in [0.1, 0.15) is 72.9 Å². The Labute approximate surface area is 271 Å². The van der Waals surface area contributed by atoms with Gasteiger partial charge in [0, 0.05) is 44.2 Å². The molecule has 2 aromatic carbocycles. The van der Waals surface area contributed by atoms with E-state index in [0.717, 1.165) is 48.9 Å². The van der Waals surface area contributed by atoms with Gasteiger partial charge in [-0.05, 0) is 105 Å². The average molecular weight is 658 g/mol. The number of benzene rings is 2. The number of ether oxygens (including phenoxy) is 1. The van der Waals surface area contributed by atoms with E-state index in [4.69, 9.17) is 16.3 Å². The van der Waals surface area contributed by atoms with Crippen LogP contribution in [0.25, 0.3) is 0 Å². The molecule has 2 amide bonds. The normalized spacial score (nSPS) is 26.0. The summed E-state index contributed by atoms with van der Waals surface area (Å²) in [6.45, 7) is 1.74. The lowest BCUT2D eigenvalue weighted by Gasteiger charge is -2.42. The van der Waals surface area contributed by atoms with Crippen LogP contribution in [0.2, 0.25) is 5.02 Å². The second-order valence-electron chi connectivity index (χ2n) is 12.7. The van der Waals surface area contributed by atoms with Crippen LogP contribution in [0, 0.1) is 11.8 Å². The van der Waals surface area contributed by atoms with Gasteiger partial charge in [-0.25, -0.2) is 13.1 Å². The van der Waals surface area contributed by atoms with Crippen molar-refractivity contribution in [2.24, 2.45) is 11.8 Å². The van der Waals surface area contributed by atoms with Gasteiger partial charge >= 0.3 is 0 Å². The maximum Gasteiger partial charge on any atom is 0.264 e. The SMILES string of the molecule is CN(C)C(=O)CC[C@H]1CC/C=C/[C@H](O)[C@@H]2CC[C@H]2CN2CCCCc3cc(Cl)ccc3COc3ccc(cc32)C(=O)NS1(=O)=O. The predicted octanol–water partition coefficient (Wildman–Crippen LogP) is 5.10. The molecule has 3 aliphatic rings. The van der Waals surface area contributed by atoms with Crippen molar-refractivity contribution in [3.05, 3.63) is 70.3 Å². The van der Waals surface area contributed by atoms with Gasteiger partial charge in [-0.3, -0.25) is 9.59 Å². The van der Waals surface area contributed by atoms with Gasteiger partial charge in [0.2, 0.25) is 15.9 Å². The molecule has 0 spiro atoms. The van der Waals surface area contributed by atoms with Crippen molar-refractivity contribution in [2.45, 2.75) is 75.7 Å². The molecule has 2 aliphatic heterocycles. The minimum Gasteiger partial charge on any atom is -0.487 e. The number of hydrogen-bond donors (Lipinski definition) is 2. The molecule has 1 saturated carbocycles. The summed E-state index contributed by atoms with van der Waals surface area (Å²) < 4.78 is 35.8. The van der Waals surface area contributed by atoms with Crippen LogP contribution in [-0.4, -0.2) is 68.8 Å². The van der Waals surface area contributed by atoms with Crippen molar-refractivity contribution >= 4 is 39.1 Å². The monoisotopic (exact) mass is 657 g/mol. The third kappa shape index (κ3) is 8.20. The fraction of sp³-hybridized carbons (Fsp3) is 0.529. The number of aliphatic hydroxyl groups excluding tert-OH is 1. The van der Waals surface area contributed by atoms with Crippen LogP contribution in [0.3, 0.4) is 0 Å². The van der Waals surface area contributed by atoms with Gasteiger partial charge in [0.25, 0.3) is 5.91 Å². The summed E-state index contributed by atoms with van der Waals surface area (Å²) in [5, 5.41) is 10.8. The molecule has 1 fully saturated rings. The molecular weight excluding hydrogens is 614 g/mol. The zero-order valence-electron chi connectivity index (χ0n) is 26.1. The molecule has 1 aliphatic carbocycles. The van der Waals surface area contributed by atoms with Crippen molar-refractivity contribution in [2.75, 3.05) is 32.1 Å². The van der Waals surface area contributed by atoms with Gasteiger partial charge in [0.05, 0.1) is 17.0 Å². The zero-order chi connectivity index (χ0) is 32.1. The lowest BCUT2D eigenvalue weighted by atomic mass is 9.70. The van der Waals surface area contributed by atoms with Gasteiger partial charge in [-0.1, -0.05) is 29.8 Å². The van der Waals surface area contributed by atoms with E-state index in [-0.39, 0.29) is 42.6 Å². The van der Waals surface area contributed by atoms with Crippen molar-refractivity contribution in [3.63, 3.8) is 0 Å². The summed E-state index contributed by atoms with van der Waals surface area (Å²) in [4.78, 5) is 29.5. The number of aryl methyl sites for hydroxylation is 1. The Balaban J connectivity index is 1.50. The first-order chi connectivity index (χ1) is 21.5. The number of carbonyl (C=O) groups excluding carboxylic acids is 2. The van der Waals surface area contributed by atoms with Gasteiger partial charge in [-0.2, -0.15) is 0 Å². The summed E-state index contributed by atoms with van der Waals surface area (Å²) in [7, 11) is -0.859. The maximum atomic E-state index is 13.5. The molecular formula is C34H44ClN3O6S. The predicted molar refractivity (Wildman–Crippen MR) is 176 cm³/mol. The fourth-order valence-corrected chi connectivity index (χ4v) is 8.14. The quantitative estimate of drug-likeness (QED) is 0.442. The van der Waals surface area contributed by atoms with E-state index in [1.807, 2.05) is 24.3 Å². The Kier molecular flexibility index (Phi) is 10.8. The van der Waals surface area contributed by atoms with Crippen molar-refractivity contribution in [1.82, 2.24) is 9.62 Å². The number of nitrogens with zero attached hydrogens (tertiary/aromatic N) is 2. The number of halogens is 1. The molecule has 2 N–H and O–H groups in total. The molecule has 45 heavy (non-hydrogen) atoms. The Bertz CT molecular complexity index is 1530. The number of anilines is 1. The lowest BCUT2D eigenvalue weighted by Crippen LogP contribution is -2.43. The first-order valence-corrected chi connectivity index (χ1v) is 17.8. The van der Waals surface area contributed by atoms with E-state index < -0.39 is 27.3 Å². The number of rotatable bonds is 3. The van der Waals surface area contributed by atoms with E-state index in [0.29, 0.717) is 36.9 Å². The van der Waals surface area contributed by atoms with Crippen molar-refractivity contribution in [1.29, 1.82) is 0 Å². The third-order valence-corrected chi connectivity index (χ3v) is 11.5. The first kappa shape index (κ1) is 33.3. The van der Waals surface area contributed by atoms with E-state index in [1.165, 1.54) is 4.90 Å². The van der Waals surface area contributed by atoms with Crippen molar-refractivity contribution < 1.29 is 27.9 Å². The topological polar surface area (TPSA) is 116 Å². The van der Waals surface area contributed by atoms with Gasteiger partial charge < -0.3 is 19.6 Å². The molecule has 11 heteroatoms. The number of fused-ring (bicyclic) bond motifs is 3. The highest BCUT2D eigenvalue weighted by molar-refractivity contribution is 7.90. The Morgan fingerprint density at radius 3 is 2.69 bits per heavy atom. The number of hydrogen-bond acceptors (Lipinski definition) is 7. The molecule has 9 nitrogen and oxygen atoms in total. The molecule has 5 rings (SSSR count). The summed E-state index contributed by atoms with van der Waals surface area (Å²) >= 11 is 6.31. The van der Waals surface area contributed by atoms with E-state index in [9.17, 15) is 23.1 Å². The van der Waals surface area contributed by atoms with Crippen LogP contribution in [0.4, 0.5) is 5.69 Å². The number of sulfonamides is 1. The van der Waals surface area contributed by atoms with E-state index >= 15 is 0 Å². The molecule has 2 bridgehead atoms. The second-order valence-corrected chi connectivity index (χ2v) is 15.1. The first-order valence-electron chi connectivity index (χ1n) is 15.9. The van der Waals surface area contributed by atoms with Gasteiger partial charge in [-0.15, -0.1) is 0 Å². The molecule has 0 saturated heterocycles. The number of amides is 2. The standard InChI is InChI=1S/C34H44ClN3O6S/c1-37(2)33(40)17-14-28-8-3-4-9-31(39)29-15-11-25(29)21-38-18-6-5-7-23-19-27(35)13-10-26(23)22-44-32-16-12-24(20-30(32)38)34(41)36-45(28,42)43/h4,9-10,12-13,16,19-20,25,28-29,31,39H,3,5-8,11,14-15,17-18,21-22H2,1-2H3,(H,36,41)/b9-4+/t25-,28+,29+,31-/m0/s1. The molecule has 2 aromatic rings. The molecule has 0 aromatic heterocycles. The Hall–Kier alpha value is -3.08. The molecule has 244 valence electrons. The summed E-state index contributed by atoms with van der Waals surface area (Å²) in [6.07, 6.45) is 8.33. The minimum absolute atomic E-state index is 0.0450. The smallest absolute Gasteiger partial charge is 0.264 e. The number of carbonyl (C=O) groups is 2. The highest BCUT2D eigenvalue weighted by Gasteiger charge is 2.37. The third-order valence-electron chi connectivity index (χ3n) is 9.45. The van der Waals surface area contributed by atoms with E-state index in [1.54, 1.807) is 38.4 Å². The second kappa shape index (κ2) is 14.6. The number of aliphatic hydroxyl groups is 1. The molecule has 4 atom stereocenters. The highest BCUT2D eigenvalue weighted by atomic mass is 35.5. The summed E-state index contributed by atoms with van der Waals surface area (Å²) in [5.41, 5.74) is 3.15. The van der Waals surface area contributed by atoms with Crippen LogP contribution >= 0.6 is 11.6 Å². The Morgan fingerprint density at radius 1 is 1.11 bits per heavy atom. The van der Waals surface area contributed by atoms with Crippen molar-refractivity contribution in [3.8, 4) is 5.75 Å². The van der Waals surface area contributed by atoms with Gasteiger partial charge in [0.1, 0.15) is 12.4 Å². The zero-order valence-corrected chi connectivity index (χ0v) is 27.7. The Morgan fingerprint density at radius 2 is 1.93 bits per heavy atom. The largest absolute Gasteiger partial charge is 0.487 e. The van der Waals surface area contributed by atoms with Crippen LogP contribution in [0.15, 0.2) is 48.6 Å². The molecule has 0 unspecified atom stereocenters. The molecule has 2 heterocycles. The average Bonchev–Trinajstić information content (AvgIpc) is 3.00. The lowest BCUT2D eigenvalue weighted by molar-refractivity contribution is -0.128. The number of nitrogens with one attached hydrogen (secondary N) is 1. The minimum atomic E-state index is -4.11. The summed E-state index contributed by atoms with van der Waals surface area (Å²) in [6, 6.07) is 10.9. The van der Waals surface area contributed by atoms with Crippen LogP contribution in [0.5, 0.6) is 5.75 Å². The fourth-order valence-electron chi connectivity index (χ4n) is 6.53. The van der Waals surface area contributed by atoms with Gasteiger partial charge in [0.15, 0.2) is 0 Å².